The van der Waals surface area contributed by atoms with E-state index in [-0.39, 0.29) is 5.91 Å². The van der Waals surface area contributed by atoms with Crippen molar-refractivity contribution in [2.24, 2.45) is 0 Å². The summed E-state index contributed by atoms with van der Waals surface area (Å²) in [5.74, 6) is 0.162. The van der Waals surface area contributed by atoms with Crippen molar-refractivity contribution in [3.63, 3.8) is 0 Å². The van der Waals surface area contributed by atoms with Gasteiger partial charge >= 0.3 is 0 Å². The maximum absolute atomic E-state index is 12.0. The summed E-state index contributed by atoms with van der Waals surface area (Å²) in [5.41, 5.74) is 2.60. The fourth-order valence-electron chi connectivity index (χ4n) is 1.87. The van der Waals surface area contributed by atoms with Crippen LogP contribution in [0.25, 0.3) is 0 Å². The lowest BCUT2D eigenvalue weighted by Crippen LogP contribution is -2.33. The highest BCUT2D eigenvalue weighted by molar-refractivity contribution is 7.11. The normalized spacial score (nSPS) is 21.6. The largest absolute Gasteiger partial charge is 0.335 e. The topological polar surface area (TPSA) is 33.2 Å². The van der Waals surface area contributed by atoms with E-state index >= 15 is 0 Å². The molecule has 0 aromatic carbocycles. The van der Waals surface area contributed by atoms with Gasteiger partial charge in [-0.3, -0.25) is 4.79 Å². The highest BCUT2D eigenvalue weighted by Gasteiger charge is 2.27. The first-order chi connectivity index (χ1) is 6.70. The van der Waals surface area contributed by atoms with Crippen molar-refractivity contribution < 1.29 is 4.79 Å². The maximum atomic E-state index is 12.0. The van der Waals surface area contributed by atoms with Gasteiger partial charge in [-0.1, -0.05) is 0 Å². The van der Waals surface area contributed by atoms with Crippen LogP contribution < -0.4 is 0 Å². The zero-order valence-electron chi connectivity index (χ0n) is 8.49. The van der Waals surface area contributed by atoms with Crippen molar-refractivity contribution in [1.82, 2.24) is 9.88 Å². The number of carbonyl (C=O) groups excluding carboxylic acids is 1. The third-order valence-corrected chi connectivity index (χ3v) is 3.67. The Balaban J connectivity index is 2.20. The number of thiazole rings is 1. The van der Waals surface area contributed by atoms with Crippen LogP contribution in [0, 0.1) is 6.92 Å². The van der Waals surface area contributed by atoms with Crippen molar-refractivity contribution >= 4 is 17.2 Å². The number of aromatic nitrogens is 1. The minimum absolute atomic E-state index is 0.162. The molecule has 1 aromatic heterocycles. The van der Waals surface area contributed by atoms with Gasteiger partial charge in [-0.2, -0.15) is 0 Å². The molecule has 0 saturated carbocycles. The van der Waals surface area contributed by atoms with Crippen LogP contribution in [0.15, 0.2) is 5.51 Å². The second-order valence-corrected chi connectivity index (χ2v) is 4.61. The highest BCUT2D eigenvalue weighted by Crippen LogP contribution is 2.22. The fraction of sp³-hybridized carbons (Fsp3) is 0.600. The van der Waals surface area contributed by atoms with E-state index in [0.29, 0.717) is 6.04 Å². The molecule has 2 heterocycles. The molecule has 1 saturated heterocycles. The van der Waals surface area contributed by atoms with E-state index < -0.39 is 0 Å². The third-order valence-electron chi connectivity index (χ3n) is 2.75. The van der Waals surface area contributed by atoms with Gasteiger partial charge in [0, 0.05) is 12.6 Å². The summed E-state index contributed by atoms with van der Waals surface area (Å²) in [7, 11) is 0. The average Bonchev–Trinajstić information content (AvgIpc) is 2.73. The van der Waals surface area contributed by atoms with Gasteiger partial charge in [0.1, 0.15) is 4.88 Å². The van der Waals surface area contributed by atoms with Gasteiger partial charge in [0.05, 0.1) is 11.2 Å². The Morgan fingerprint density at radius 2 is 2.50 bits per heavy atom. The Kier molecular flexibility index (Phi) is 2.54. The summed E-state index contributed by atoms with van der Waals surface area (Å²) in [4.78, 5) is 18.9. The van der Waals surface area contributed by atoms with E-state index in [1.807, 2.05) is 11.8 Å². The Hall–Kier alpha value is -0.900. The van der Waals surface area contributed by atoms with Crippen LogP contribution >= 0.6 is 11.3 Å². The lowest BCUT2D eigenvalue weighted by molar-refractivity contribution is 0.0751. The molecule has 0 bridgehead atoms. The average molecular weight is 210 g/mol. The molecule has 76 valence electrons. The van der Waals surface area contributed by atoms with Crippen molar-refractivity contribution in [2.45, 2.75) is 32.7 Å². The van der Waals surface area contributed by atoms with Crippen molar-refractivity contribution in [1.29, 1.82) is 0 Å². The Morgan fingerprint density at radius 3 is 3.00 bits per heavy atom. The molecule has 0 unspecified atom stereocenters. The monoisotopic (exact) mass is 210 g/mol. The molecule has 0 N–H and O–H groups in total. The van der Waals surface area contributed by atoms with E-state index in [0.717, 1.165) is 30.0 Å². The number of amides is 1. The third kappa shape index (κ3) is 1.54. The molecule has 0 aliphatic carbocycles. The quantitative estimate of drug-likeness (QED) is 0.711. The molecule has 1 atom stereocenters. The SMILES string of the molecule is Cc1ncsc1C(=O)N1CCC[C@H]1C. The van der Waals surface area contributed by atoms with E-state index in [2.05, 4.69) is 11.9 Å². The van der Waals surface area contributed by atoms with Crippen LogP contribution in [0.3, 0.4) is 0 Å². The lowest BCUT2D eigenvalue weighted by atomic mass is 10.2. The van der Waals surface area contributed by atoms with Gasteiger partial charge in [-0.25, -0.2) is 4.98 Å². The zero-order valence-corrected chi connectivity index (χ0v) is 9.30. The fourth-order valence-corrected chi connectivity index (χ4v) is 2.63. The Morgan fingerprint density at radius 1 is 1.71 bits per heavy atom. The van der Waals surface area contributed by atoms with E-state index in [9.17, 15) is 4.79 Å². The van der Waals surface area contributed by atoms with Crippen LogP contribution in [0.2, 0.25) is 0 Å². The molecule has 4 heteroatoms. The van der Waals surface area contributed by atoms with Crippen molar-refractivity contribution in [2.75, 3.05) is 6.54 Å². The van der Waals surface area contributed by atoms with Crippen molar-refractivity contribution in [3.05, 3.63) is 16.1 Å². The van der Waals surface area contributed by atoms with Gasteiger partial charge in [0.15, 0.2) is 0 Å². The minimum Gasteiger partial charge on any atom is -0.335 e. The smallest absolute Gasteiger partial charge is 0.266 e. The van der Waals surface area contributed by atoms with Crippen LogP contribution in [-0.2, 0) is 0 Å². The van der Waals surface area contributed by atoms with E-state index in [1.54, 1.807) is 5.51 Å². The van der Waals surface area contributed by atoms with Gasteiger partial charge in [-0.15, -0.1) is 11.3 Å². The highest BCUT2D eigenvalue weighted by atomic mass is 32.1. The summed E-state index contributed by atoms with van der Waals surface area (Å²) >= 11 is 1.44. The Bertz CT molecular complexity index is 348. The van der Waals surface area contributed by atoms with Gasteiger partial charge in [0.2, 0.25) is 0 Å². The first-order valence-corrected chi connectivity index (χ1v) is 5.79. The Labute approximate surface area is 87.8 Å². The molecule has 1 amide bonds. The minimum atomic E-state index is 0.162. The van der Waals surface area contributed by atoms with Gasteiger partial charge in [0.25, 0.3) is 5.91 Å². The summed E-state index contributed by atoms with van der Waals surface area (Å²) < 4.78 is 0. The number of carbonyl (C=O) groups is 1. The molecule has 1 aliphatic heterocycles. The molecule has 0 spiro atoms. The molecule has 3 nitrogen and oxygen atoms in total. The van der Waals surface area contributed by atoms with Crippen molar-refractivity contribution in [3.8, 4) is 0 Å². The van der Waals surface area contributed by atoms with Crippen LogP contribution in [0.5, 0.6) is 0 Å². The first kappa shape index (κ1) is 9.65. The van der Waals surface area contributed by atoms with Gasteiger partial charge < -0.3 is 4.90 Å². The predicted molar refractivity (Wildman–Crippen MR) is 56.6 cm³/mol. The molecule has 1 aliphatic rings. The summed E-state index contributed by atoms with van der Waals surface area (Å²) in [6.45, 7) is 4.91. The molecule has 1 aromatic rings. The number of nitrogens with zero attached hydrogens (tertiary/aromatic N) is 2. The second kappa shape index (κ2) is 3.69. The summed E-state index contributed by atoms with van der Waals surface area (Å²) in [6, 6.07) is 0.393. The van der Waals surface area contributed by atoms with Crippen LogP contribution in [0.1, 0.15) is 35.1 Å². The second-order valence-electron chi connectivity index (χ2n) is 3.76. The van der Waals surface area contributed by atoms with Crippen LogP contribution in [0.4, 0.5) is 0 Å². The molecular weight excluding hydrogens is 196 g/mol. The van der Waals surface area contributed by atoms with E-state index in [1.165, 1.54) is 11.3 Å². The lowest BCUT2D eigenvalue weighted by Gasteiger charge is -2.20. The van der Waals surface area contributed by atoms with Gasteiger partial charge in [-0.05, 0) is 26.7 Å². The molecule has 0 radical (unpaired) electrons. The van der Waals surface area contributed by atoms with Crippen LogP contribution in [-0.4, -0.2) is 28.4 Å². The standard InChI is InChI=1S/C10H14N2OS/c1-7-4-3-5-12(7)10(13)9-8(2)11-6-14-9/h6-7H,3-5H2,1-2H3/t7-/m1/s1. The first-order valence-electron chi connectivity index (χ1n) is 4.91. The molecular formula is C10H14N2OS. The number of hydrogen-bond acceptors (Lipinski definition) is 3. The summed E-state index contributed by atoms with van der Waals surface area (Å²) in [5, 5.41) is 0. The predicted octanol–water partition coefficient (Wildman–Crippen LogP) is 2.08. The number of hydrogen-bond donors (Lipinski definition) is 0. The zero-order chi connectivity index (χ0) is 10.1. The summed E-state index contributed by atoms with van der Waals surface area (Å²) in [6.07, 6.45) is 2.26. The number of aryl methyl sites for hydroxylation is 1. The molecule has 1 fully saturated rings. The number of rotatable bonds is 1. The number of likely N-dealkylation sites (tertiary alicyclic amines) is 1. The maximum Gasteiger partial charge on any atom is 0.266 e. The molecule has 2 rings (SSSR count). The molecule has 14 heavy (non-hydrogen) atoms. The van der Waals surface area contributed by atoms with E-state index in [4.69, 9.17) is 0 Å².